The third kappa shape index (κ3) is 3.12. The average molecular weight is 336 g/mol. The highest BCUT2D eigenvalue weighted by atomic mass is 35.5. The molecule has 1 aliphatic rings. The van der Waals surface area contributed by atoms with E-state index in [9.17, 15) is 14.0 Å². The zero-order valence-corrected chi connectivity index (χ0v) is 12.5. The highest BCUT2D eigenvalue weighted by Gasteiger charge is 2.39. The third-order valence-corrected chi connectivity index (χ3v) is 4.03. The minimum atomic E-state index is -1.05. The summed E-state index contributed by atoms with van der Waals surface area (Å²) in [6.45, 7) is 0.132. The molecule has 0 saturated carbocycles. The van der Waals surface area contributed by atoms with E-state index in [2.05, 4.69) is 0 Å². The van der Waals surface area contributed by atoms with Gasteiger partial charge in [-0.1, -0.05) is 23.2 Å². The summed E-state index contributed by atoms with van der Waals surface area (Å²) < 4.78 is 18.6. The second kappa shape index (κ2) is 6.17. The Morgan fingerprint density at radius 2 is 2.00 bits per heavy atom. The van der Waals surface area contributed by atoms with Gasteiger partial charge in [-0.3, -0.25) is 9.59 Å². The van der Waals surface area contributed by atoms with E-state index < -0.39 is 29.7 Å². The number of rotatable bonds is 3. The number of carboxylic acid groups (broad SMARTS) is 1. The second-order valence-corrected chi connectivity index (χ2v) is 5.53. The normalized spacial score (nSPS) is 21.3. The van der Waals surface area contributed by atoms with Crippen LogP contribution in [-0.4, -0.2) is 48.2 Å². The van der Waals surface area contributed by atoms with Crippen LogP contribution in [0.5, 0.6) is 0 Å². The predicted molar refractivity (Wildman–Crippen MR) is 74.2 cm³/mol. The Kier molecular flexibility index (Phi) is 4.70. The van der Waals surface area contributed by atoms with Crippen LogP contribution >= 0.6 is 23.2 Å². The van der Waals surface area contributed by atoms with Crippen LogP contribution in [0.25, 0.3) is 0 Å². The molecule has 1 saturated heterocycles. The summed E-state index contributed by atoms with van der Waals surface area (Å²) in [4.78, 5) is 24.7. The van der Waals surface area contributed by atoms with E-state index >= 15 is 0 Å². The number of hydrogen-bond acceptors (Lipinski definition) is 3. The van der Waals surface area contributed by atoms with Crippen molar-refractivity contribution in [3.05, 3.63) is 33.6 Å². The Bertz CT molecular complexity index is 596. The van der Waals surface area contributed by atoms with Crippen molar-refractivity contribution in [1.82, 2.24) is 4.90 Å². The average Bonchev–Trinajstić information content (AvgIpc) is 2.90. The topological polar surface area (TPSA) is 66.8 Å². The number of nitrogens with zero attached hydrogens (tertiary/aromatic N) is 1. The summed E-state index contributed by atoms with van der Waals surface area (Å²) in [7, 11) is 1.43. The quantitative estimate of drug-likeness (QED) is 0.860. The minimum Gasteiger partial charge on any atom is -0.481 e. The molecule has 0 aromatic heterocycles. The number of likely N-dealkylation sites (N-methyl/N-ethyl adjacent to an activating group) is 1. The lowest BCUT2D eigenvalue weighted by Crippen LogP contribution is -2.44. The summed E-state index contributed by atoms with van der Waals surface area (Å²) >= 11 is 11.5. The van der Waals surface area contributed by atoms with Crippen molar-refractivity contribution in [2.75, 3.05) is 20.3 Å². The molecule has 1 aromatic carbocycles. The first-order valence-electron chi connectivity index (χ1n) is 6.05. The highest BCUT2D eigenvalue weighted by molar-refractivity contribution is 6.36. The van der Waals surface area contributed by atoms with Gasteiger partial charge in [0.15, 0.2) is 0 Å². The molecule has 1 heterocycles. The number of halogens is 3. The molecule has 8 heteroatoms. The van der Waals surface area contributed by atoms with Crippen molar-refractivity contribution >= 4 is 35.1 Å². The summed E-state index contributed by atoms with van der Waals surface area (Å²) in [5.41, 5.74) is -0.0721. The van der Waals surface area contributed by atoms with Crippen LogP contribution in [0.4, 0.5) is 4.39 Å². The molecular weight excluding hydrogens is 324 g/mol. The van der Waals surface area contributed by atoms with Crippen LogP contribution in [0.2, 0.25) is 10.0 Å². The van der Waals surface area contributed by atoms with E-state index in [1.165, 1.54) is 11.9 Å². The molecule has 0 spiro atoms. The van der Waals surface area contributed by atoms with Crippen LogP contribution in [0.1, 0.15) is 10.4 Å². The number of benzene rings is 1. The number of carbonyl (C=O) groups is 2. The fourth-order valence-corrected chi connectivity index (χ4v) is 2.65. The molecular formula is C13H12Cl2FNO4. The van der Waals surface area contributed by atoms with Gasteiger partial charge in [0.25, 0.3) is 5.91 Å². The number of hydrogen-bond donors (Lipinski definition) is 1. The van der Waals surface area contributed by atoms with Gasteiger partial charge in [0.1, 0.15) is 11.7 Å². The monoisotopic (exact) mass is 335 g/mol. The first-order valence-corrected chi connectivity index (χ1v) is 6.80. The molecule has 0 aliphatic carbocycles. The summed E-state index contributed by atoms with van der Waals surface area (Å²) in [6, 6.07) is 1.44. The molecule has 2 atom stereocenters. The summed E-state index contributed by atoms with van der Waals surface area (Å²) in [5.74, 6) is -3.23. The second-order valence-electron chi connectivity index (χ2n) is 4.71. The minimum absolute atomic E-state index is 0.00374. The Balaban J connectivity index is 2.27. The molecule has 1 N–H and O–H groups in total. The fourth-order valence-electron chi connectivity index (χ4n) is 2.19. The third-order valence-electron chi connectivity index (χ3n) is 3.43. The molecule has 0 radical (unpaired) electrons. The van der Waals surface area contributed by atoms with E-state index in [-0.39, 0.29) is 28.8 Å². The molecule has 114 valence electrons. The van der Waals surface area contributed by atoms with Gasteiger partial charge in [-0.15, -0.1) is 0 Å². The van der Waals surface area contributed by atoms with Crippen LogP contribution in [0, 0.1) is 11.7 Å². The van der Waals surface area contributed by atoms with Gasteiger partial charge in [-0.2, -0.15) is 0 Å². The van der Waals surface area contributed by atoms with Crippen LogP contribution in [0.3, 0.4) is 0 Å². The van der Waals surface area contributed by atoms with Crippen molar-refractivity contribution in [3.63, 3.8) is 0 Å². The van der Waals surface area contributed by atoms with E-state index in [1.807, 2.05) is 0 Å². The number of carboxylic acids is 1. The molecule has 1 aliphatic heterocycles. The maximum Gasteiger partial charge on any atom is 0.311 e. The molecule has 2 unspecified atom stereocenters. The van der Waals surface area contributed by atoms with Crippen LogP contribution in [0.15, 0.2) is 12.1 Å². The van der Waals surface area contributed by atoms with Gasteiger partial charge < -0.3 is 14.7 Å². The fraction of sp³-hybridized carbons (Fsp3) is 0.385. The Hall–Kier alpha value is -1.37. The van der Waals surface area contributed by atoms with E-state index in [1.54, 1.807) is 0 Å². The number of ether oxygens (including phenoxy) is 1. The largest absolute Gasteiger partial charge is 0.481 e. The zero-order chi connectivity index (χ0) is 15.7. The van der Waals surface area contributed by atoms with Crippen LogP contribution < -0.4 is 0 Å². The number of amides is 1. The zero-order valence-electron chi connectivity index (χ0n) is 11.0. The van der Waals surface area contributed by atoms with Gasteiger partial charge in [-0.05, 0) is 12.1 Å². The Morgan fingerprint density at radius 1 is 1.33 bits per heavy atom. The lowest BCUT2D eigenvalue weighted by molar-refractivity contribution is -0.142. The van der Waals surface area contributed by atoms with Gasteiger partial charge in [0.2, 0.25) is 0 Å². The standard InChI is InChI=1S/C13H12Cl2FNO4/c1-17(11-5-21-4-7(11)13(19)20)12(18)6-2-10(16)9(15)3-8(6)14/h2-3,7,11H,4-5H2,1H3,(H,19,20). The smallest absolute Gasteiger partial charge is 0.311 e. The van der Waals surface area contributed by atoms with E-state index in [4.69, 9.17) is 33.0 Å². The molecule has 1 fully saturated rings. The lowest BCUT2D eigenvalue weighted by atomic mass is 10.0. The Labute approximate surface area is 130 Å². The Morgan fingerprint density at radius 3 is 2.62 bits per heavy atom. The highest BCUT2D eigenvalue weighted by Crippen LogP contribution is 2.27. The first kappa shape index (κ1) is 16.0. The van der Waals surface area contributed by atoms with Crippen molar-refractivity contribution in [1.29, 1.82) is 0 Å². The van der Waals surface area contributed by atoms with E-state index in [0.717, 1.165) is 12.1 Å². The predicted octanol–water partition coefficient (Wildman–Crippen LogP) is 2.30. The first-order chi connectivity index (χ1) is 9.82. The molecule has 1 amide bonds. The molecule has 0 bridgehead atoms. The van der Waals surface area contributed by atoms with Crippen molar-refractivity contribution in [2.45, 2.75) is 6.04 Å². The summed E-state index contributed by atoms with van der Waals surface area (Å²) in [5, 5.41) is 8.91. The van der Waals surface area contributed by atoms with Crippen molar-refractivity contribution in [3.8, 4) is 0 Å². The molecule has 1 aromatic rings. The van der Waals surface area contributed by atoms with Gasteiger partial charge in [-0.25, -0.2) is 4.39 Å². The van der Waals surface area contributed by atoms with Gasteiger partial charge >= 0.3 is 5.97 Å². The van der Waals surface area contributed by atoms with Crippen molar-refractivity contribution < 1.29 is 23.8 Å². The number of aliphatic carboxylic acids is 1. The van der Waals surface area contributed by atoms with Crippen LogP contribution in [-0.2, 0) is 9.53 Å². The maximum absolute atomic E-state index is 13.5. The SMILES string of the molecule is CN(C(=O)c1cc(F)c(Cl)cc1Cl)C1COCC1C(=O)O. The molecule has 5 nitrogen and oxygen atoms in total. The number of carbonyl (C=O) groups excluding carboxylic acids is 1. The van der Waals surface area contributed by atoms with Gasteiger partial charge in [0, 0.05) is 7.05 Å². The molecule has 21 heavy (non-hydrogen) atoms. The molecule has 2 rings (SSSR count). The maximum atomic E-state index is 13.5. The van der Waals surface area contributed by atoms with Crippen molar-refractivity contribution in [2.24, 2.45) is 5.92 Å². The lowest BCUT2D eigenvalue weighted by Gasteiger charge is -2.26. The van der Waals surface area contributed by atoms with Gasteiger partial charge in [0.05, 0.1) is 34.9 Å². The van der Waals surface area contributed by atoms with E-state index in [0.29, 0.717) is 0 Å². The summed E-state index contributed by atoms with van der Waals surface area (Å²) in [6.07, 6.45) is 0.